The Morgan fingerprint density at radius 2 is 2.17 bits per heavy atom. The number of nitrogen functional groups attached to an aromatic ring is 1. The van der Waals surface area contributed by atoms with Crippen molar-refractivity contribution in [3.8, 4) is 0 Å². The van der Waals surface area contributed by atoms with Gasteiger partial charge in [-0.25, -0.2) is 15.0 Å². The van der Waals surface area contributed by atoms with Gasteiger partial charge in [0.15, 0.2) is 10.2 Å². The van der Waals surface area contributed by atoms with Gasteiger partial charge in [0.2, 0.25) is 0 Å². The number of hydrogen-bond donors (Lipinski definition) is 1. The molecule has 2 aromatic heterocycles. The molecule has 0 amide bonds. The quantitative estimate of drug-likeness (QED) is 0.837. The molecule has 2 heterocycles. The average Bonchev–Trinajstić information content (AvgIpc) is 2.76. The Labute approximate surface area is 113 Å². The molecule has 8 heteroatoms. The fourth-order valence-corrected chi connectivity index (χ4v) is 2.93. The van der Waals surface area contributed by atoms with Crippen molar-refractivity contribution in [3.63, 3.8) is 0 Å². The molecule has 0 fully saturated rings. The normalized spacial score (nSPS) is 10.8. The molecule has 0 aliphatic heterocycles. The Balaban J connectivity index is 2.17. The van der Waals surface area contributed by atoms with Crippen molar-refractivity contribution >= 4 is 29.1 Å². The van der Waals surface area contributed by atoms with Crippen LogP contribution in [0.5, 0.6) is 0 Å². The smallest absolute Gasteiger partial charge is 0.176 e. The van der Waals surface area contributed by atoms with Gasteiger partial charge in [-0.3, -0.25) is 0 Å². The maximum Gasteiger partial charge on any atom is 0.176 e. The van der Waals surface area contributed by atoms with Gasteiger partial charge < -0.3 is 10.5 Å². The second kappa shape index (κ2) is 6.07. The third kappa shape index (κ3) is 3.37. The second-order valence-corrected chi connectivity index (χ2v) is 5.43. The first-order chi connectivity index (χ1) is 8.71. The molecule has 6 nitrogen and oxygen atoms in total. The first kappa shape index (κ1) is 13.2. The van der Waals surface area contributed by atoms with Crippen LogP contribution in [0, 0.1) is 0 Å². The van der Waals surface area contributed by atoms with Crippen LogP contribution in [0.2, 0.25) is 0 Å². The van der Waals surface area contributed by atoms with Crippen LogP contribution in [-0.4, -0.2) is 26.4 Å². The molecule has 0 bridgehead atoms. The number of nitrogens with two attached hydrogens (primary N) is 1. The first-order valence-electron chi connectivity index (χ1n) is 5.34. The van der Waals surface area contributed by atoms with Crippen molar-refractivity contribution in [1.82, 2.24) is 19.3 Å². The molecule has 0 radical (unpaired) electrons. The van der Waals surface area contributed by atoms with Gasteiger partial charge in [0.1, 0.15) is 23.3 Å². The number of nitrogens with zero attached hydrogens (tertiary/aromatic N) is 4. The zero-order valence-electron chi connectivity index (χ0n) is 10.1. The molecule has 0 aliphatic rings. The Hall–Kier alpha value is -1.25. The highest BCUT2D eigenvalue weighted by Gasteiger charge is 2.08. The molecule has 2 N–H and O–H groups in total. The summed E-state index contributed by atoms with van der Waals surface area (Å²) in [6.45, 7) is 2.37. The van der Waals surface area contributed by atoms with Crippen LogP contribution < -0.4 is 5.73 Å². The van der Waals surface area contributed by atoms with Crippen LogP contribution in [0.1, 0.15) is 18.6 Å². The van der Waals surface area contributed by atoms with Crippen LogP contribution in [-0.2, 0) is 17.8 Å². The van der Waals surface area contributed by atoms with Crippen LogP contribution in [0.4, 0.5) is 5.82 Å². The predicted octanol–water partition coefficient (Wildman–Crippen LogP) is 1.77. The Bertz CT molecular complexity index is 531. The highest BCUT2D eigenvalue weighted by Crippen LogP contribution is 2.28. The van der Waals surface area contributed by atoms with Gasteiger partial charge in [0, 0.05) is 19.6 Å². The number of rotatable bonds is 5. The first-order valence-corrected chi connectivity index (χ1v) is 6.93. The molecule has 0 unspecified atom stereocenters. The molecule has 0 aromatic carbocycles. The van der Waals surface area contributed by atoms with Gasteiger partial charge >= 0.3 is 0 Å². The lowest BCUT2D eigenvalue weighted by molar-refractivity contribution is 0.177. The molecule has 18 heavy (non-hydrogen) atoms. The summed E-state index contributed by atoms with van der Waals surface area (Å²) < 4.78 is 10.1. The molecule has 0 atom stereocenters. The number of anilines is 1. The number of ether oxygens (including phenoxy) is 1. The third-order valence-electron chi connectivity index (χ3n) is 2.00. The molecule has 2 aromatic rings. The van der Waals surface area contributed by atoms with Gasteiger partial charge in [-0.2, -0.15) is 4.37 Å². The minimum absolute atomic E-state index is 0.342. The van der Waals surface area contributed by atoms with E-state index in [0.717, 1.165) is 21.6 Å². The van der Waals surface area contributed by atoms with Gasteiger partial charge in [-0.1, -0.05) is 6.92 Å². The van der Waals surface area contributed by atoms with Crippen LogP contribution in [0.3, 0.4) is 0 Å². The zero-order valence-corrected chi connectivity index (χ0v) is 11.7. The fourth-order valence-electron chi connectivity index (χ4n) is 1.25. The largest absolute Gasteiger partial charge is 0.384 e. The Morgan fingerprint density at radius 1 is 1.33 bits per heavy atom. The molecule has 2 rings (SSSR count). The summed E-state index contributed by atoms with van der Waals surface area (Å²) in [5.41, 5.74) is 5.72. The molecule has 96 valence electrons. The van der Waals surface area contributed by atoms with E-state index in [-0.39, 0.29) is 0 Å². The lowest BCUT2D eigenvalue weighted by atomic mass is 10.5. The minimum atomic E-state index is 0.342. The van der Waals surface area contributed by atoms with E-state index in [9.17, 15) is 0 Å². The van der Waals surface area contributed by atoms with Crippen molar-refractivity contribution < 1.29 is 4.74 Å². The van der Waals surface area contributed by atoms with E-state index >= 15 is 0 Å². The van der Waals surface area contributed by atoms with E-state index in [0.29, 0.717) is 18.2 Å². The SMILES string of the molecule is CCc1nsc(Sc2cc(N)nc(COC)n2)n1. The van der Waals surface area contributed by atoms with E-state index < -0.39 is 0 Å². The molecule has 0 aliphatic carbocycles. The monoisotopic (exact) mass is 283 g/mol. The molecule has 0 spiro atoms. The lowest BCUT2D eigenvalue weighted by Gasteiger charge is -2.02. The average molecular weight is 283 g/mol. The van der Waals surface area contributed by atoms with E-state index in [2.05, 4.69) is 19.3 Å². The topological polar surface area (TPSA) is 86.8 Å². The molecular weight excluding hydrogens is 270 g/mol. The summed E-state index contributed by atoms with van der Waals surface area (Å²) in [5.74, 6) is 1.85. The standard InChI is InChI=1S/C10H13N5OS2/c1-3-7-14-10(18-15-7)17-9-4-6(11)12-8(13-9)5-16-2/h4H,3,5H2,1-2H3,(H2,11,12,13). The number of methoxy groups -OCH3 is 1. The number of hydrogen-bond acceptors (Lipinski definition) is 8. The van der Waals surface area contributed by atoms with E-state index in [1.807, 2.05) is 6.92 Å². The molecule has 0 saturated heterocycles. The van der Waals surface area contributed by atoms with Crippen molar-refractivity contribution in [2.24, 2.45) is 0 Å². The van der Waals surface area contributed by atoms with Gasteiger partial charge in [-0.05, 0) is 23.3 Å². The van der Waals surface area contributed by atoms with E-state index in [1.165, 1.54) is 23.3 Å². The van der Waals surface area contributed by atoms with Gasteiger partial charge in [0.05, 0.1) is 0 Å². The Morgan fingerprint density at radius 3 is 2.83 bits per heavy atom. The van der Waals surface area contributed by atoms with Gasteiger partial charge in [-0.15, -0.1) is 0 Å². The third-order valence-corrected chi connectivity index (χ3v) is 3.71. The number of aryl methyl sites for hydroxylation is 1. The van der Waals surface area contributed by atoms with Crippen LogP contribution in [0.25, 0.3) is 0 Å². The summed E-state index contributed by atoms with van der Waals surface area (Å²) >= 11 is 2.80. The van der Waals surface area contributed by atoms with Crippen molar-refractivity contribution in [2.75, 3.05) is 12.8 Å². The predicted molar refractivity (Wildman–Crippen MR) is 70.6 cm³/mol. The summed E-state index contributed by atoms with van der Waals surface area (Å²) in [6, 6.07) is 1.72. The summed E-state index contributed by atoms with van der Waals surface area (Å²) in [7, 11) is 1.59. The lowest BCUT2D eigenvalue weighted by Crippen LogP contribution is -2.01. The van der Waals surface area contributed by atoms with Crippen molar-refractivity contribution in [1.29, 1.82) is 0 Å². The maximum atomic E-state index is 5.72. The highest BCUT2D eigenvalue weighted by molar-refractivity contribution is 8.00. The van der Waals surface area contributed by atoms with Crippen molar-refractivity contribution in [3.05, 3.63) is 17.7 Å². The van der Waals surface area contributed by atoms with Crippen LogP contribution in [0.15, 0.2) is 15.4 Å². The Kier molecular flexibility index (Phi) is 4.45. The fraction of sp³-hybridized carbons (Fsp3) is 0.400. The molecule has 0 saturated carbocycles. The summed E-state index contributed by atoms with van der Waals surface area (Å²) in [5, 5.41) is 0.758. The highest BCUT2D eigenvalue weighted by atomic mass is 32.2. The van der Waals surface area contributed by atoms with Crippen molar-refractivity contribution in [2.45, 2.75) is 29.3 Å². The van der Waals surface area contributed by atoms with E-state index in [1.54, 1.807) is 13.2 Å². The summed E-state index contributed by atoms with van der Waals surface area (Å²) in [4.78, 5) is 12.8. The number of aromatic nitrogens is 4. The summed E-state index contributed by atoms with van der Waals surface area (Å²) in [6.07, 6.45) is 0.831. The maximum absolute atomic E-state index is 5.72. The minimum Gasteiger partial charge on any atom is -0.384 e. The van der Waals surface area contributed by atoms with E-state index in [4.69, 9.17) is 10.5 Å². The van der Waals surface area contributed by atoms with Crippen LogP contribution >= 0.6 is 23.3 Å². The van der Waals surface area contributed by atoms with Gasteiger partial charge in [0.25, 0.3) is 0 Å². The zero-order chi connectivity index (χ0) is 13.0. The second-order valence-electron chi connectivity index (χ2n) is 3.41. The molecular formula is C10H13N5OS2.